The molecular formula is C26H33N3O4S. The van der Waals surface area contributed by atoms with E-state index in [-0.39, 0.29) is 30.1 Å². The van der Waals surface area contributed by atoms with Crippen LogP contribution in [0.15, 0.2) is 47.6 Å². The van der Waals surface area contributed by atoms with Crippen molar-refractivity contribution in [3.8, 4) is 17.6 Å². The second kappa shape index (κ2) is 10.4. The fraction of sp³-hybridized carbons (Fsp3) is 0.500. The molecule has 0 amide bonds. The average molecular weight is 484 g/mol. The molecule has 1 aliphatic heterocycles. The van der Waals surface area contributed by atoms with E-state index in [0.29, 0.717) is 18.2 Å². The molecule has 1 fully saturated rings. The van der Waals surface area contributed by atoms with Gasteiger partial charge in [0.1, 0.15) is 16.7 Å². The lowest BCUT2D eigenvalue weighted by molar-refractivity contribution is 0.0733. The predicted molar refractivity (Wildman–Crippen MR) is 131 cm³/mol. The van der Waals surface area contributed by atoms with Gasteiger partial charge in [0, 0.05) is 55.5 Å². The van der Waals surface area contributed by atoms with Gasteiger partial charge in [0.2, 0.25) is 10.0 Å². The van der Waals surface area contributed by atoms with Gasteiger partial charge in [0.25, 0.3) is 0 Å². The summed E-state index contributed by atoms with van der Waals surface area (Å²) in [6.07, 6.45) is 5.55. The first-order chi connectivity index (χ1) is 16.3. The van der Waals surface area contributed by atoms with E-state index in [1.807, 2.05) is 26.1 Å². The van der Waals surface area contributed by atoms with Gasteiger partial charge in [-0.3, -0.25) is 9.88 Å². The molecule has 8 heteroatoms. The lowest BCUT2D eigenvalue weighted by atomic mass is 10.0. The number of nitrogens with zero attached hydrogens (tertiary/aromatic N) is 3. The Bertz CT molecular complexity index is 1160. The molecule has 1 saturated carbocycles. The van der Waals surface area contributed by atoms with Crippen molar-refractivity contribution in [3.05, 3.63) is 53.9 Å². The van der Waals surface area contributed by atoms with E-state index in [4.69, 9.17) is 4.74 Å². The van der Waals surface area contributed by atoms with Crippen molar-refractivity contribution in [2.75, 3.05) is 26.7 Å². The highest BCUT2D eigenvalue weighted by molar-refractivity contribution is 7.89. The zero-order valence-corrected chi connectivity index (χ0v) is 20.8. The van der Waals surface area contributed by atoms with E-state index in [1.54, 1.807) is 37.5 Å². The van der Waals surface area contributed by atoms with Gasteiger partial charge in [-0.05, 0) is 62.7 Å². The Hall–Kier alpha value is -2.44. The average Bonchev–Trinajstić information content (AvgIpc) is 3.64. The maximum Gasteiger partial charge on any atom is 0.247 e. The molecule has 0 unspecified atom stereocenters. The first-order valence-electron chi connectivity index (χ1n) is 11.8. The molecule has 1 aromatic heterocycles. The zero-order valence-electron chi connectivity index (χ0n) is 20.0. The Morgan fingerprint density at radius 1 is 1.26 bits per heavy atom. The third-order valence-electron chi connectivity index (χ3n) is 6.36. The van der Waals surface area contributed by atoms with E-state index >= 15 is 0 Å². The van der Waals surface area contributed by atoms with Crippen LogP contribution in [0.25, 0.3) is 0 Å². The minimum absolute atomic E-state index is 0.0991. The highest BCUT2D eigenvalue weighted by Crippen LogP contribution is 2.34. The number of aliphatic hydroxyl groups excluding tert-OH is 1. The number of hydrogen-bond acceptors (Lipinski definition) is 6. The molecule has 1 aliphatic carbocycles. The molecule has 0 spiro atoms. The highest BCUT2D eigenvalue weighted by atomic mass is 32.2. The molecule has 0 saturated heterocycles. The third kappa shape index (κ3) is 5.78. The van der Waals surface area contributed by atoms with Crippen LogP contribution in [0, 0.1) is 23.7 Å². The number of rotatable bonds is 6. The molecule has 1 aromatic carbocycles. The Labute approximate surface area is 202 Å². The summed E-state index contributed by atoms with van der Waals surface area (Å²) in [4.78, 5) is 6.37. The van der Waals surface area contributed by atoms with Crippen LogP contribution < -0.4 is 4.74 Å². The number of aromatic nitrogens is 1. The lowest BCUT2D eigenvalue weighted by Gasteiger charge is -2.37. The molecule has 3 atom stereocenters. The number of benzene rings is 1. The van der Waals surface area contributed by atoms with E-state index in [2.05, 4.69) is 21.7 Å². The van der Waals surface area contributed by atoms with Gasteiger partial charge >= 0.3 is 0 Å². The van der Waals surface area contributed by atoms with Gasteiger partial charge in [-0.1, -0.05) is 18.8 Å². The van der Waals surface area contributed by atoms with Crippen LogP contribution in [-0.4, -0.2) is 66.6 Å². The summed E-state index contributed by atoms with van der Waals surface area (Å²) in [5, 5.41) is 9.79. The molecule has 2 aliphatic rings. The number of fused-ring (bicyclic) bond motifs is 1. The summed E-state index contributed by atoms with van der Waals surface area (Å²) in [5.41, 5.74) is 1.90. The van der Waals surface area contributed by atoms with E-state index in [0.717, 1.165) is 30.5 Å². The van der Waals surface area contributed by atoms with Crippen LogP contribution in [0.3, 0.4) is 0 Å². The first-order valence-corrected chi connectivity index (χ1v) is 13.2. The van der Waals surface area contributed by atoms with Crippen molar-refractivity contribution in [2.24, 2.45) is 11.8 Å². The van der Waals surface area contributed by atoms with E-state index in [9.17, 15) is 13.5 Å². The molecule has 1 N–H and O–H groups in total. The fourth-order valence-corrected chi connectivity index (χ4v) is 5.93. The Morgan fingerprint density at radius 2 is 2.00 bits per heavy atom. The molecule has 2 heterocycles. The third-order valence-corrected chi connectivity index (χ3v) is 8.38. The number of aliphatic hydroxyl groups is 1. The van der Waals surface area contributed by atoms with Crippen LogP contribution in [0.1, 0.15) is 37.8 Å². The molecule has 34 heavy (non-hydrogen) atoms. The zero-order chi connectivity index (χ0) is 24.3. The van der Waals surface area contributed by atoms with Crippen molar-refractivity contribution < 1.29 is 18.3 Å². The minimum atomic E-state index is -3.84. The topological polar surface area (TPSA) is 83.0 Å². The van der Waals surface area contributed by atoms with Gasteiger partial charge in [0.05, 0.1) is 6.61 Å². The predicted octanol–water partition coefficient (Wildman–Crippen LogP) is 2.74. The smallest absolute Gasteiger partial charge is 0.247 e. The number of hydrogen-bond donors (Lipinski definition) is 1. The summed E-state index contributed by atoms with van der Waals surface area (Å²) in [5.74, 6) is 7.08. The van der Waals surface area contributed by atoms with Crippen molar-refractivity contribution in [1.29, 1.82) is 0 Å². The number of likely N-dealkylation sites (N-methyl/N-ethyl adjacent to an activating group) is 1. The highest BCUT2D eigenvalue weighted by Gasteiger charge is 2.38. The van der Waals surface area contributed by atoms with E-state index < -0.39 is 16.1 Å². The standard InChI is InChI=1S/C26H33N3O4S/c1-19-15-29(20(2)18-30)34(31,32)26-9-8-22(7-6-21-4-5-21)14-24(26)33-25(19)17-28(3)16-23-10-12-27-13-11-23/h8-14,19-21,25,30H,4-5,15-18H2,1-3H3/t19-,20+,25+/m0/s1. The quantitative estimate of drug-likeness (QED) is 0.637. The molecule has 7 nitrogen and oxygen atoms in total. The van der Waals surface area contributed by atoms with Crippen LogP contribution in [-0.2, 0) is 16.6 Å². The minimum Gasteiger partial charge on any atom is -0.487 e. The van der Waals surface area contributed by atoms with Crippen molar-refractivity contribution in [2.45, 2.75) is 50.3 Å². The van der Waals surface area contributed by atoms with Crippen LogP contribution in [0.5, 0.6) is 5.75 Å². The molecule has 2 aromatic rings. The number of ether oxygens (including phenoxy) is 1. The van der Waals surface area contributed by atoms with Crippen molar-refractivity contribution in [1.82, 2.24) is 14.2 Å². The normalized spacial score (nSPS) is 23.1. The number of sulfonamides is 1. The van der Waals surface area contributed by atoms with E-state index in [1.165, 1.54) is 4.31 Å². The monoisotopic (exact) mass is 483 g/mol. The van der Waals surface area contributed by atoms with Crippen molar-refractivity contribution in [3.63, 3.8) is 0 Å². The van der Waals surface area contributed by atoms with Gasteiger partial charge in [-0.2, -0.15) is 4.31 Å². The molecule has 4 rings (SSSR count). The summed E-state index contributed by atoms with van der Waals surface area (Å²) in [7, 11) is -1.82. The van der Waals surface area contributed by atoms with Crippen molar-refractivity contribution >= 4 is 10.0 Å². The lowest BCUT2D eigenvalue weighted by Crippen LogP contribution is -2.49. The Kier molecular flexibility index (Phi) is 7.58. The first kappa shape index (κ1) is 24.7. The van der Waals surface area contributed by atoms with Crippen LogP contribution in [0.4, 0.5) is 0 Å². The SMILES string of the molecule is C[C@H](CO)N1C[C@H](C)[C@@H](CN(C)Cc2ccncc2)Oc2cc(C#CC3CC3)ccc2S1(=O)=O. The van der Waals surface area contributed by atoms with Gasteiger partial charge in [-0.25, -0.2) is 8.42 Å². The summed E-state index contributed by atoms with van der Waals surface area (Å²) >= 11 is 0. The van der Waals surface area contributed by atoms with Crippen LogP contribution >= 0.6 is 0 Å². The molecule has 0 bridgehead atoms. The second-order valence-corrected chi connectivity index (χ2v) is 11.4. The second-order valence-electron chi connectivity index (χ2n) is 9.50. The van der Waals surface area contributed by atoms with Gasteiger partial charge < -0.3 is 9.84 Å². The largest absolute Gasteiger partial charge is 0.487 e. The fourth-order valence-electron chi connectivity index (χ4n) is 4.11. The Morgan fingerprint density at radius 3 is 2.68 bits per heavy atom. The molecule has 0 radical (unpaired) electrons. The molecule has 182 valence electrons. The summed E-state index contributed by atoms with van der Waals surface area (Å²) < 4.78 is 35.0. The molecular weight excluding hydrogens is 450 g/mol. The Balaban J connectivity index is 1.66. The summed E-state index contributed by atoms with van der Waals surface area (Å²) in [6.45, 7) is 5.08. The van der Waals surface area contributed by atoms with Gasteiger partial charge in [-0.15, -0.1) is 0 Å². The maximum atomic E-state index is 13.6. The van der Waals surface area contributed by atoms with Gasteiger partial charge in [0.15, 0.2) is 0 Å². The summed E-state index contributed by atoms with van der Waals surface area (Å²) in [6, 6.07) is 8.51. The van der Waals surface area contributed by atoms with Crippen LogP contribution in [0.2, 0.25) is 0 Å². The maximum absolute atomic E-state index is 13.6. The number of pyridine rings is 1.